The van der Waals surface area contributed by atoms with E-state index >= 15 is 0 Å². The van der Waals surface area contributed by atoms with Crippen molar-refractivity contribution in [1.82, 2.24) is 10.2 Å². The Kier molecular flexibility index (Phi) is 6.60. The van der Waals surface area contributed by atoms with Gasteiger partial charge in [-0.3, -0.25) is 9.59 Å². The first-order valence-corrected chi connectivity index (χ1v) is 11.4. The maximum atomic E-state index is 12.8. The zero-order chi connectivity index (χ0) is 23.5. The number of aromatic nitrogens is 2. The zero-order valence-electron chi connectivity index (χ0n) is 19.0. The lowest BCUT2D eigenvalue weighted by atomic mass is 10.1. The zero-order valence-corrected chi connectivity index (χ0v) is 19.9. The molecule has 1 aromatic heterocycles. The van der Waals surface area contributed by atoms with Crippen LogP contribution in [0.2, 0.25) is 0 Å². The summed E-state index contributed by atoms with van der Waals surface area (Å²) < 4.78 is 10.6. The van der Waals surface area contributed by atoms with Crippen molar-refractivity contribution in [3.63, 3.8) is 0 Å². The van der Waals surface area contributed by atoms with Gasteiger partial charge in [-0.1, -0.05) is 35.1 Å². The Morgan fingerprint density at radius 3 is 2.64 bits per heavy atom. The van der Waals surface area contributed by atoms with Crippen LogP contribution in [0.1, 0.15) is 28.1 Å². The molecule has 1 aliphatic rings. The smallest absolute Gasteiger partial charge is 0.231 e. The highest BCUT2D eigenvalue weighted by molar-refractivity contribution is 7.15. The molecule has 1 aliphatic heterocycles. The van der Waals surface area contributed by atoms with Crippen LogP contribution < -0.4 is 19.7 Å². The minimum Gasteiger partial charge on any atom is -0.493 e. The fourth-order valence-corrected chi connectivity index (χ4v) is 4.75. The van der Waals surface area contributed by atoms with E-state index in [0.717, 1.165) is 27.4 Å². The number of nitrogens with one attached hydrogen (secondary N) is 1. The van der Waals surface area contributed by atoms with E-state index in [1.807, 2.05) is 50.2 Å². The van der Waals surface area contributed by atoms with Crippen LogP contribution in [0.3, 0.4) is 0 Å². The van der Waals surface area contributed by atoms with Crippen LogP contribution >= 0.6 is 11.3 Å². The van der Waals surface area contributed by atoms with Crippen LogP contribution in [0.4, 0.5) is 10.8 Å². The number of ether oxygens (including phenoxy) is 2. The highest BCUT2D eigenvalue weighted by Gasteiger charge is 2.36. The topological polar surface area (TPSA) is 93.7 Å². The molecule has 1 atom stereocenters. The Hall–Kier alpha value is -3.46. The van der Waals surface area contributed by atoms with Gasteiger partial charge >= 0.3 is 0 Å². The Labute approximate surface area is 196 Å². The molecule has 0 bridgehead atoms. The van der Waals surface area contributed by atoms with Gasteiger partial charge in [0.05, 0.1) is 20.1 Å². The van der Waals surface area contributed by atoms with Crippen LogP contribution in [0.15, 0.2) is 36.4 Å². The molecular formula is C24H26N4O4S. The van der Waals surface area contributed by atoms with Crippen molar-refractivity contribution >= 4 is 34.0 Å². The van der Waals surface area contributed by atoms with Gasteiger partial charge in [0, 0.05) is 25.1 Å². The van der Waals surface area contributed by atoms with Gasteiger partial charge in [-0.05, 0) is 43.2 Å². The number of benzene rings is 2. The number of nitrogens with zero attached hydrogens (tertiary/aromatic N) is 3. The summed E-state index contributed by atoms with van der Waals surface area (Å²) in [6, 6.07) is 11.6. The summed E-state index contributed by atoms with van der Waals surface area (Å²) in [6.45, 7) is 4.34. The number of aryl methyl sites for hydroxylation is 2. The molecule has 2 aromatic carbocycles. The van der Waals surface area contributed by atoms with E-state index in [9.17, 15) is 9.59 Å². The maximum absolute atomic E-state index is 12.8. The van der Waals surface area contributed by atoms with E-state index in [0.29, 0.717) is 29.6 Å². The number of hydrogen-bond acceptors (Lipinski definition) is 7. The molecule has 2 heterocycles. The molecular weight excluding hydrogens is 440 g/mol. The molecule has 1 fully saturated rings. The molecule has 0 radical (unpaired) electrons. The fourth-order valence-electron chi connectivity index (χ4n) is 3.97. The highest BCUT2D eigenvalue weighted by atomic mass is 32.1. The maximum Gasteiger partial charge on any atom is 0.231 e. The summed E-state index contributed by atoms with van der Waals surface area (Å²) in [5, 5.41) is 12.3. The second-order valence-electron chi connectivity index (χ2n) is 8.05. The summed E-state index contributed by atoms with van der Waals surface area (Å²) in [6.07, 6.45) is 0.729. The third kappa shape index (κ3) is 4.98. The molecule has 1 saturated heterocycles. The van der Waals surface area contributed by atoms with Crippen LogP contribution in [-0.4, -0.2) is 42.8 Å². The molecule has 0 saturated carbocycles. The number of carbonyl (C=O) groups excluding carboxylic acids is 2. The summed E-state index contributed by atoms with van der Waals surface area (Å²) >= 11 is 1.32. The number of carbonyl (C=O) groups is 2. The van der Waals surface area contributed by atoms with E-state index < -0.39 is 5.92 Å². The van der Waals surface area contributed by atoms with Crippen molar-refractivity contribution in [2.45, 2.75) is 26.7 Å². The molecule has 0 aliphatic carbocycles. The molecule has 172 valence electrons. The van der Waals surface area contributed by atoms with Crippen LogP contribution in [0.25, 0.3) is 0 Å². The lowest BCUT2D eigenvalue weighted by Gasteiger charge is -2.19. The normalized spacial score (nSPS) is 15.6. The minimum atomic E-state index is -0.434. The van der Waals surface area contributed by atoms with Gasteiger partial charge in [-0.2, -0.15) is 0 Å². The standard InChI is InChI=1S/C24H26N4O4S/c1-14-5-7-18(15(2)9-14)28-13-17(12-22(28)29)23(30)25-24-27-26-21(33-24)11-16-6-8-19(31-3)20(10-16)32-4/h5-10,17H,11-13H2,1-4H3,(H,25,27,30). The van der Waals surface area contributed by atoms with Crippen molar-refractivity contribution in [2.24, 2.45) is 5.92 Å². The molecule has 3 aromatic rings. The number of hydrogen-bond donors (Lipinski definition) is 1. The Balaban J connectivity index is 1.39. The molecule has 4 rings (SSSR count). The SMILES string of the molecule is COc1ccc(Cc2nnc(NC(=O)C3CC(=O)N(c4ccc(C)cc4C)C3)s2)cc1OC. The molecule has 0 spiro atoms. The number of amides is 2. The lowest BCUT2D eigenvalue weighted by molar-refractivity contribution is -0.122. The molecule has 2 amide bonds. The summed E-state index contributed by atoms with van der Waals surface area (Å²) in [5.41, 5.74) is 4.01. The third-order valence-corrected chi connectivity index (χ3v) is 6.48. The van der Waals surface area contributed by atoms with E-state index in [4.69, 9.17) is 9.47 Å². The van der Waals surface area contributed by atoms with Crippen molar-refractivity contribution in [2.75, 3.05) is 31.0 Å². The second kappa shape index (κ2) is 9.58. The van der Waals surface area contributed by atoms with Crippen LogP contribution in [-0.2, 0) is 16.0 Å². The third-order valence-electron chi connectivity index (χ3n) is 5.64. The quantitative estimate of drug-likeness (QED) is 0.570. The van der Waals surface area contributed by atoms with Crippen molar-refractivity contribution in [3.8, 4) is 11.5 Å². The Bertz CT molecular complexity index is 1190. The largest absolute Gasteiger partial charge is 0.493 e. The van der Waals surface area contributed by atoms with Gasteiger partial charge in [0.25, 0.3) is 0 Å². The molecule has 8 nitrogen and oxygen atoms in total. The first-order chi connectivity index (χ1) is 15.9. The van der Waals surface area contributed by atoms with E-state index in [1.165, 1.54) is 11.3 Å². The summed E-state index contributed by atoms with van der Waals surface area (Å²) in [4.78, 5) is 27.1. The molecule has 9 heteroatoms. The molecule has 1 unspecified atom stereocenters. The van der Waals surface area contributed by atoms with Crippen LogP contribution in [0.5, 0.6) is 11.5 Å². The first kappa shape index (κ1) is 22.7. The van der Waals surface area contributed by atoms with E-state index in [1.54, 1.807) is 19.1 Å². The number of methoxy groups -OCH3 is 2. The van der Waals surface area contributed by atoms with Gasteiger partial charge in [-0.15, -0.1) is 10.2 Å². The predicted octanol–water partition coefficient (Wildman–Crippen LogP) is 3.75. The Morgan fingerprint density at radius 2 is 1.91 bits per heavy atom. The first-order valence-electron chi connectivity index (χ1n) is 10.6. The number of rotatable bonds is 7. The predicted molar refractivity (Wildman–Crippen MR) is 127 cm³/mol. The lowest BCUT2D eigenvalue weighted by Crippen LogP contribution is -2.28. The van der Waals surface area contributed by atoms with Gasteiger partial charge in [0.2, 0.25) is 16.9 Å². The Morgan fingerprint density at radius 1 is 1.12 bits per heavy atom. The van der Waals surface area contributed by atoms with E-state index in [-0.39, 0.29) is 18.2 Å². The van der Waals surface area contributed by atoms with Crippen molar-refractivity contribution in [3.05, 3.63) is 58.1 Å². The van der Waals surface area contributed by atoms with E-state index in [2.05, 4.69) is 15.5 Å². The second-order valence-corrected chi connectivity index (χ2v) is 9.11. The number of anilines is 2. The summed E-state index contributed by atoms with van der Waals surface area (Å²) in [7, 11) is 3.19. The van der Waals surface area contributed by atoms with Gasteiger partial charge in [-0.25, -0.2) is 0 Å². The molecule has 33 heavy (non-hydrogen) atoms. The average molecular weight is 467 g/mol. The van der Waals surface area contributed by atoms with Crippen molar-refractivity contribution in [1.29, 1.82) is 0 Å². The van der Waals surface area contributed by atoms with Gasteiger partial charge in [0.15, 0.2) is 11.5 Å². The van der Waals surface area contributed by atoms with Crippen molar-refractivity contribution < 1.29 is 19.1 Å². The van der Waals surface area contributed by atoms with Gasteiger partial charge < -0.3 is 19.7 Å². The average Bonchev–Trinajstić information content (AvgIpc) is 3.40. The molecule has 1 N–H and O–H groups in total. The highest BCUT2D eigenvalue weighted by Crippen LogP contribution is 2.31. The fraction of sp³-hybridized carbons (Fsp3) is 0.333. The van der Waals surface area contributed by atoms with Crippen LogP contribution in [0, 0.1) is 19.8 Å². The summed E-state index contributed by atoms with van der Waals surface area (Å²) in [5.74, 6) is 0.606. The minimum absolute atomic E-state index is 0.0477. The monoisotopic (exact) mass is 466 g/mol. The van der Waals surface area contributed by atoms with Gasteiger partial charge in [0.1, 0.15) is 5.01 Å².